The second kappa shape index (κ2) is 8.65. The molecule has 0 fully saturated rings. The number of thiocarbonyl (C=S) groups is 1. The molecule has 0 amide bonds. The zero-order valence-electron chi connectivity index (χ0n) is 5.81. The minimum Gasteiger partial charge on any atom is -0.470 e. The fourth-order valence-electron chi connectivity index (χ4n) is 0.254. The van der Waals surface area contributed by atoms with E-state index >= 15 is 0 Å². The van der Waals surface area contributed by atoms with E-state index < -0.39 is 0 Å². The van der Waals surface area contributed by atoms with Gasteiger partial charge in [-0.3, -0.25) is 0 Å². The molecule has 0 aliphatic heterocycles. The van der Waals surface area contributed by atoms with Crippen molar-refractivity contribution in [2.75, 3.05) is 20.2 Å². The predicted molar refractivity (Wildman–Crippen MR) is 42.4 cm³/mol. The molecule has 0 aliphatic rings. The molecular weight excluding hydrogens is 147 g/mol. The Morgan fingerprint density at radius 3 is 2.67 bits per heavy atom. The number of nitrogens with one attached hydrogen (secondary N) is 1. The maximum Gasteiger partial charge on any atom is 0.253 e. The number of likely N-dealkylation sites (N-methyl/N-ethyl adjacent to an activating group) is 1. The van der Waals surface area contributed by atoms with Gasteiger partial charge in [-0.25, -0.2) is 0 Å². The van der Waals surface area contributed by atoms with Gasteiger partial charge in [-0.05, 0) is 19.3 Å². The molecule has 3 N–H and O–H groups in total. The van der Waals surface area contributed by atoms with Crippen LogP contribution in [0.5, 0.6) is 0 Å². The van der Waals surface area contributed by atoms with Crippen molar-refractivity contribution >= 4 is 46.9 Å². The molecule has 0 atom stereocenters. The summed E-state index contributed by atoms with van der Waals surface area (Å²) in [5.41, 5.74) is 5.01. The molecule has 0 heterocycles. The van der Waals surface area contributed by atoms with Crippen molar-refractivity contribution in [2.24, 2.45) is 5.73 Å². The van der Waals surface area contributed by atoms with E-state index in [1.54, 1.807) is 0 Å². The molecule has 0 rings (SSSR count). The molecule has 49 valence electrons. The summed E-state index contributed by atoms with van der Waals surface area (Å²) in [5, 5.41) is 2.99. The third-order valence-electron chi connectivity index (χ3n) is 0.596. The van der Waals surface area contributed by atoms with Gasteiger partial charge in [-0.2, -0.15) is 0 Å². The molecule has 0 aliphatic carbocycles. The average molecular weight is 157 g/mol. The van der Waals surface area contributed by atoms with Crippen molar-refractivity contribution in [1.29, 1.82) is 0 Å². The summed E-state index contributed by atoms with van der Waals surface area (Å²) in [6, 6.07) is 0. The first-order valence-corrected chi connectivity index (χ1v) is 2.75. The molecule has 1 radical (unpaired) electrons. The quantitative estimate of drug-likeness (QED) is 0.316. The fraction of sp³-hybridized carbons (Fsp3) is 0.750. The van der Waals surface area contributed by atoms with Gasteiger partial charge in [0.25, 0.3) is 5.17 Å². The zero-order valence-corrected chi connectivity index (χ0v) is 8.62. The SMILES string of the molecule is CNCCOC(N)=S.[Na]. The Bertz CT molecular complexity index is 81.0. The summed E-state index contributed by atoms with van der Waals surface area (Å²) < 4.78 is 4.73. The summed E-state index contributed by atoms with van der Waals surface area (Å²) in [4.78, 5) is 0. The van der Waals surface area contributed by atoms with Gasteiger partial charge in [0.05, 0.1) is 0 Å². The van der Waals surface area contributed by atoms with Crippen molar-refractivity contribution in [3.05, 3.63) is 0 Å². The number of hydrogen-bond acceptors (Lipinski definition) is 3. The fourth-order valence-corrected chi connectivity index (χ4v) is 0.337. The summed E-state index contributed by atoms with van der Waals surface area (Å²) in [6.45, 7) is 1.32. The van der Waals surface area contributed by atoms with E-state index in [4.69, 9.17) is 10.5 Å². The van der Waals surface area contributed by atoms with Crippen LogP contribution in [-0.4, -0.2) is 54.9 Å². The minimum absolute atomic E-state index is 0. The van der Waals surface area contributed by atoms with Gasteiger partial charge >= 0.3 is 0 Å². The molecule has 3 nitrogen and oxygen atoms in total. The van der Waals surface area contributed by atoms with E-state index in [0.717, 1.165) is 6.54 Å². The van der Waals surface area contributed by atoms with Crippen LogP contribution in [0, 0.1) is 0 Å². The number of ether oxygens (including phenoxy) is 1. The molecule has 0 aromatic carbocycles. The second-order valence-electron chi connectivity index (χ2n) is 1.27. The van der Waals surface area contributed by atoms with Gasteiger partial charge in [-0.15, -0.1) is 0 Å². The topological polar surface area (TPSA) is 47.3 Å². The Labute approximate surface area is 82.6 Å². The van der Waals surface area contributed by atoms with Crippen molar-refractivity contribution in [3.8, 4) is 0 Å². The van der Waals surface area contributed by atoms with Crippen LogP contribution in [0.25, 0.3) is 0 Å². The molecule has 0 unspecified atom stereocenters. The second-order valence-corrected chi connectivity index (χ2v) is 1.67. The standard InChI is InChI=1S/C4H10N2OS.Na/c1-6-2-3-7-4(5)8;/h6H,2-3H2,1H3,(H2,5,8);. The Morgan fingerprint density at radius 2 is 2.33 bits per heavy atom. The van der Waals surface area contributed by atoms with Crippen LogP contribution in [0.2, 0.25) is 0 Å². The third kappa shape index (κ3) is 12.0. The first-order chi connectivity index (χ1) is 3.77. The van der Waals surface area contributed by atoms with Gasteiger partial charge in [0.2, 0.25) is 0 Å². The number of nitrogens with two attached hydrogens (primary N) is 1. The van der Waals surface area contributed by atoms with Crippen molar-refractivity contribution in [2.45, 2.75) is 0 Å². The smallest absolute Gasteiger partial charge is 0.253 e. The molecule has 0 aromatic heterocycles. The molecule has 0 bridgehead atoms. The van der Waals surface area contributed by atoms with E-state index in [2.05, 4.69) is 17.5 Å². The number of hydrogen-bond donors (Lipinski definition) is 2. The van der Waals surface area contributed by atoms with E-state index in [1.807, 2.05) is 7.05 Å². The Morgan fingerprint density at radius 1 is 1.78 bits per heavy atom. The molecule has 9 heavy (non-hydrogen) atoms. The molecule has 5 heteroatoms. The van der Waals surface area contributed by atoms with Crippen LogP contribution < -0.4 is 11.1 Å². The van der Waals surface area contributed by atoms with Gasteiger partial charge < -0.3 is 15.8 Å². The first-order valence-electron chi connectivity index (χ1n) is 2.34. The van der Waals surface area contributed by atoms with Crippen LogP contribution in [0.4, 0.5) is 0 Å². The van der Waals surface area contributed by atoms with Crippen LogP contribution >= 0.6 is 12.2 Å². The van der Waals surface area contributed by atoms with Crippen molar-refractivity contribution < 1.29 is 4.74 Å². The third-order valence-corrected chi connectivity index (χ3v) is 0.714. The summed E-state index contributed by atoms with van der Waals surface area (Å²) in [7, 11) is 1.84. The normalized spacial score (nSPS) is 7.67. The first kappa shape index (κ1) is 12.3. The summed E-state index contributed by atoms with van der Waals surface area (Å²) in [5.74, 6) is 0. The Balaban J connectivity index is 0. The molecular formula is C4H10N2NaOS. The van der Waals surface area contributed by atoms with Gasteiger partial charge in [-0.1, -0.05) is 0 Å². The van der Waals surface area contributed by atoms with Crippen LogP contribution in [0.1, 0.15) is 0 Å². The van der Waals surface area contributed by atoms with Crippen molar-refractivity contribution in [3.63, 3.8) is 0 Å². The molecule has 0 spiro atoms. The zero-order chi connectivity index (χ0) is 6.41. The largest absolute Gasteiger partial charge is 0.470 e. The summed E-state index contributed by atoms with van der Waals surface area (Å²) >= 11 is 4.44. The van der Waals surface area contributed by atoms with E-state index in [9.17, 15) is 0 Å². The van der Waals surface area contributed by atoms with Gasteiger partial charge in [0.1, 0.15) is 6.61 Å². The monoisotopic (exact) mass is 157 g/mol. The van der Waals surface area contributed by atoms with E-state index in [1.165, 1.54) is 0 Å². The maximum atomic E-state index is 5.01. The average Bonchev–Trinajstić information content (AvgIpc) is 1.66. The minimum atomic E-state index is 0. The maximum absolute atomic E-state index is 5.01. The number of rotatable bonds is 3. The van der Waals surface area contributed by atoms with Crippen LogP contribution in [0.3, 0.4) is 0 Å². The molecule has 0 saturated heterocycles. The molecule has 0 aromatic rings. The van der Waals surface area contributed by atoms with Gasteiger partial charge in [0.15, 0.2) is 0 Å². The van der Waals surface area contributed by atoms with Crippen molar-refractivity contribution in [1.82, 2.24) is 5.32 Å². The Hall–Kier alpha value is 0.650. The van der Waals surface area contributed by atoms with Crippen LogP contribution in [0.15, 0.2) is 0 Å². The van der Waals surface area contributed by atoms with Gasteiger partial charge in [0, 0.05) is 36.1 Å². The summed E-state index contributed by atoms with van der Waals surface area (Å²) in [6.07, 6.45) is 0. The van der Waals surface area contributed by atoms with E-state index in [0.29, 0.717) is 6.61 Å². The Kier molecular flexibility index (Phi) is 11.9. The van der Waals surface area contributed by atoms with E-state index in [-0.39, 0.29) is 34.7 Å². The van der Waals surface area contributed by atoms with Crippen LogP contribution in [-0.2, 0) is 4.74 Å². The predicted octanol–water partition coefficient (Wildman–Crippen LogP) is -0.915. The molecule has 0 saturated carbocycles.